The Kier molecular flexibility index (Phi) is 5.33. The number of nitrogens with zero attached hydrogens (tertiary/aromatic N) is 3. The highest BCUT2D eigenvalue weighted by atomic mass is 32.1. The van der Waals surface area contributed by atoms with E-state index in [0.717, 1.165) is 21.6 Å². The van der Waals surface area contributed by atoms with Crippen molar-refractivity contribution in [3.05, 3.63) is 77.1 Å². The first kappa shape index (κ1) is 19.8. The smallest absolute Gasteiger partial charge is 0.348 e. The van der Waals surface area contributed by atoms with Gasteiger partial charge >= 0.3 is 5.97 Å². The second-order valence-corrected chi connectivity index (χ2v) is 7.70. The van der Waals surface area contributed by atoms with Crippen molar-refractivity contribution in [1.29, 1.82) is 0 Å². The highest BCUT2D eigenvalue weighted by molar-refractivity contribution is 7.20. The van der Waals surface area contributed by atoms with Crippen molar-refractivity contribution in [1.82, 2.24) is 9.78 Å². The van der Waals surface area contributed by atoms with Crippen LogP contribution in [0.15, 0.2) is 60.7 Å². The maximum atomic E-state index is 13.2. The van der Waals surface area contributed by atoms with Gasteiger partial charge in [-0.1, -0.05) is 18.2 Å². The lowest BCUT2D eigenvalue weighted by Crippen LogP contribution is -2.30. The fraction of sp³-hybridized carbons (Fsp3) is 0.136. The summed E-state index contributed by atoms with van der Waals surface area (Å²) in [6.07, 6.45) is 0. The SMILES string of the molecule is Cc1nn(-c2ccc(F)cc2)c2sc(C(=O)OCC(=O)N(C)c3ccccc3)cc12. The molecule has 0 radical (unpaired) electrons. The zero-order chi connectivity index (χ0) is 21.3. The number of ether oxygens (including phenoxy) is 1. The monoisotopic (exact) mass is 423 g/mol. The van der Waals surface area contributed by atoms with E-state index in [1.807, 2.05) is 25.1 Å². The number of aryl methyl sites for hydroxylation is 1. The van der Waals surface area contributed by atoms with Gasteiger partial charge in [-0.15, -0.1) is 11.3 Å². The summed E-state index contributed by atoms with van der Waals surface area (Å²) in [6, 6.07) is 16.8. The van der Waals surface area contributed by atoms with Crippen LogP contribution in [-0.4, -0.2) is 35.3 Å². The number of amides is 1. The topological polar surface area (TPSA) is 64.4 Å². The second-order valence-electron chi connectivity index (χ2n) is 6.67. The van der Waals surface area contributed by atoms with E-state index in [-0.39, 0.29) is 18.3 Å². The predicted molar refractivity (Wildman–Crippen MR) is 114 cm³/mol. The first-order valence-electron chi connectivity index (χ1n) is 9.18. The molecule has 0 N–H and O–H groups in total. The number of hydrogen-bond acceptors (Lipinski definition) is 5. The molecule has 0 spiro atoms. The first-order chi connectivity index (χ1) is 14.4. The number of halogens is 1. The van der Waals surface area contributed by atoms with Crippen LogP contribution < -0.4 is 4.90 Å². The van der Waals surface area contributed by atoms with E-state index < -0.39 is 5.97 Å². The predicted octanol–water partition coefficient (Wildman–Crippen LogP) is 4.35. The van der Waals surface area contributed by atoms with Gasteiger partial charge in [0.15, 0.2) is 6.61 Å². The summed E-state index contributed by atoms with van der Waals surface area (Å²) >= 11 is 1.22. The Hall–Kier alpha value is -3.52. The summed E-state index contributed by atoms with van der Waals surface area (Å²) in [5.41, 5.74) is 2.15. The van der Waals surface area contributed by atoms with Crippen molar-refractivity contribution < 1.29 is 18.7 Å². The Bertz CT molecular complexity index is 1220. The minimum Gasteiger partial charge on any atom is -0.451 e. The van der Waals surface area contributed by atoms with Crippen LogP contribution in [0.2, 0.25) is 0 Å². The van der Waals surface area contributed by atoms with E-state index >= 15 is 0 Å². The van der Waals surface area contributed by atoms with Gasteiger partial charge in [-0.25, -0.2) is 13.9 Å². The Morgan fingerprint density at radius 1 is 1.13 bits per heavy atom. The molecule has 0 aliphatic rings. The maximum absolute atomic E-state index is 13.2. The van der Waals surface area contributed by atoms with Gasteiger partial charge in [-0.3, -0.25) is 4.79 Å². The van der Waals surface area contributed by atoms with Crippen molar-refractivity contribution in [3.8, 4) is 5.69 Å². The number of esters is 1. The van der Waals surface area contributed by atoms with Gasteiger partial charge in [0.05, 0.1) is 11.4 Å². The van der Waals surface area contributed by atoms with E-state index in [1.54, 1.807) is 42.1 Å². The number of fused-ring (bicyclic) bond motifs is 1. The Morgan fingerprint density at radius 3 is 2.53 bits per heavy atom. The minimum atomic E-state index is -0.573. The summed E-state index contributed by atoms with van der Waals surface area (Å²) < 4.78 is 20.1. The fourth-order valence-corrected chi connectivity index (χ4v) is 4.07. The molecule has 152 valence electrons. The summed E-state index contributed by atoms with van der Waals surface area (Å²) in [5, 5.41) is 5.28. The number of aromatic nitrogens is 2. The Labute approximate surface area is 176 Å². The van der Waals surface area contributed by atoms with Gasteiger partial charge in [0.1, 0.15) is 15.5 Å². The lowest BCUT2D eigenvalue weighted by molar-refractivity contribution is -0.121. The molecule has 0 saturated carbocycles. The Morgan fingerprint density at radius 2 is 1.83 bits per heavy atom. The van der Waals surface area contributed by atoms with Gasteiger partial charge in [-0.2, -0.15) is 5.10 Å². The number of likely N-dealkylation sites (N-methyl/N-ethyl adjacent to an activating group) is 1. The number of thiophene rings is 1. The Balaban J connectivity index is 1.51. The normalized spacial score (nSPS) is 10.9. The molecule has 4 rings (SSSR count). The van der Waals surface area contributed by atoms with Crippen molar-refractivity contribution in [3.63, 3.8) is 0 Å². The molecule has 2 aromatic heterocycles. The largest absolute Gasteiger partial charge is 0.451 e. The lowest BCUT2D eigenvalue weighted by atomic mass is 10.3. The molecule has 0 aliphatic carbocycles. The lowest BCUT2D eigenvalue weighted by Gasteiger charge is -2.16. The van der Waals surface area contributed by atoms with Crippen LogP contribution in [0.4, 0.5) is 10.1 Å². The third kappa shape index (κ3) is 3.81. The molecule has 30 heavy (non-hydrogen) atoms. The summed E-state index contributed by atoms with van der Waals surface area (Å²) in [7, 11) is 1.63. The molecule has 0 fully saturated rings. The van der Waals surface area contributed by atoms with Crippen LogP contribution in [0.25, 0.3) is 15.9 Å². The number of hydrogen-bond donors (Lipinski definition) is 0. The van der Waals surface area contributed by atoms with E-state index in [0.29, 0.717) is 10.6 Å². The van der Waals surface area contributed by atoms with Gasteiger partial charge < -0.3 is 9.64 Å². The number of para-hydroxylation sites is 1. The molecule has 4 aromatic rings. The summed E-state index contributed by atoms with van der Waals surface area (Å²) in [4.78, 5) is 27.4. The van der Waals surface area contributed by atoms with Crippen LogP contribution >= 0.6 is 11.3 Å². The number of anilines is 1. The molecule has 2 aromatic carbocycles. The van der Waals surface area contributed by atoms with Gasteiger partial charge in [-0.05, 0) is 49.4 Å². The average Bonchev–Trinajstić information content (AvgIpc) is 3.33. The molecule has 0 atom stereocenters. The zero-order valence-corrected chi connectivity index (χ0v) is 17.1. The van der Waals surface area contributed by atoms with E-state index in [9.17, 15) is 14.0 Å². The fourth-order valence-electron chi connectivity index (χ4n) is 3.00. The molecule has 6 nitrogen and oxygen atoms in total. The van der Waals surface area contributed by atoms with E-state index in [4.69, 9.17) is 4.74 Å². The van der Waals surface area contributed by atoms with Crippen molar-refractivity contribution in [2.24, 2.45) is 0 Å². The van der Waals surface area contributed by atoms with Gasteiger partial charge in [0.25, 0.3) is 5.91 Å². The molecular weight excluding hydrogens is 405 g/mol. The molecule has 2 heterocycles. The molecule has 0 aliphatic heterocycles. The number of carbonyl (C=O) groups excluding carboxylic acids is 2. The van der Waals surface area contributed by atoms with Crippen LogP contribution in [0.3, 0.4) is 0 Å². The van der Waals surface area contributed by atoms with Crippen molar-refractivity contribution in [2.45, 2.75) is 6.92 Å². The van der Waals surface area contributed by atoms with Crippen molar-refractivity contribution in [2.75, 3.05) is 18.6 Å². The number of rotatable bonds is 5. The molecule has 1 amide bonds. The standard InChI is InChI=1S/C22H18FN3O3S/c1-14-18-12-19(30-21(18)26(24-14)17-10-8-15(23)9-11-17)22(28)29-13-20(27)25(2)16-6-4-3-5-7-16/h3-12H,13H2,1-2H3. The molecule has 0 saturated heterocycles. The molecular formula is C22H18FN3O3S. The number of benzene rings is 2. The van der Waals surface area contributed by atoms with E-state index in [1.165, 1.54) is 28.4 Å². The maximum Gasteiger partial charge on any atom is 0.348 e. The second kappa shape index (κ2) is 8.08. The van der Waals surface area contributed by atoms with Gasteiger partial charge in [0, 0.05) is 18.1 Å². The molecule has 0 bridgehead atoms. The van der Waals surface area contributed by atoms with Crippen LogP contribution in [-0.2, 0) is 9.53 Å². The minimum absolute atomic E-state index is 0.329. The first-order valence-corrected chi connectivity index (χ1v) is 9.99. The van der Waals surface area contributed by atoms with Crippen LogP contribution in [0, 0.1) is 12.7 Å². The quantitative estimate of drug-likeness (QED) is 0.448. The number of carbonyl (C=O) groups is 2. The highest BCUT2D eigenvalue weighted by Crippen LogP contribution is 2.31. The van der Waals surface area contributed by atoms with Crippen LogP contribution in [0.1, 0.15) is 15.4 Å². The summed E-state index contributed by atoms with van der Waals surface area (Å²) in [5.74, 6) is -1.24. The third-order valence-corrected chi connectivity index (χ3v) is 5.75. The van der Waals surface area contributed by atoms with Crippen molar-refractivity contribution >= 4 is 39.1 Å². The average molecular weight is 423 g/mol. The third-order valence-electron chi connectivity index (χ3n) is 4.66. The highest BCUT2D eigenvalue weighted by Gasteiger charge is 2.20. The van der Waals surface area contributed by atoms with Crippen LogP contribution in [0.5, 0.6) is 0 Å². The zero-order valence-electron chi connectivity index (χ0n) is 16.3. The summed E-state index contributed by atoms with van der Waals surface area (Å²) in [6.45, 7) is 1.48. The van der Waals surface area contributed by atoms with Gasteiger partial charge in [0.2, 0.25) is 0 Å². The van der Waals surface area contributed by atoms with E-state index in [2.05, 4.69) is 5.10 Å². The molecule has 8 heteroatoms. The molecule has 0 unspecified atom stereocenters.